The van der Waals surface area contributed by atoms with Crippen molar-refractivity contribution in [1.29, 1.82) is 0 Å². The molecule has 0 heterocycles. The molecule has 60 valence electrons. The summed E-state index contributed by atoms with van der Waals surface area (Å²) in [7, 11) is 0. The van der Waals surface area contributed by atoms with Gasteiger partial charge in [0.1, 0.15) is 0 Å². The minimum absolute atomic E-state index is 0. The molecule has 0 saturated carbocycles. The average molecular weight is 302 g/mol. The third-order valence-corrected chi connectivity index (χ3v) is 0. The van der Waals surface area contributed by atoms with Gasteiger partial charge in [0, 0.05) is 0 Å². The molecule has 0 unspecified atom stereocenters. The van der Waals surface area contributed by atoms with Crippen LogP contribution < -0.4 is 0 Å². The Balaban J connectivity index is -0.0000000300. The molecular formula is H5BaClN2O6. The summed E-state index contributed by atoms with van der Waals surface area (Å²) in [5.74, 6) is 0. The van der Waals surface area contributed by atoms with Crippen LogP contribution in [0, 0.1) is 20.2 Å². The molecular weight excluding hydrogens is 297 g/mol. The Kier molecular flexibility index (Phi) is 36.2. The van der Waals surface area contributed by atoms with E-state index in [0.717, 1.165) is 0 Å². The molecule has 8 nitrogen and oxygen atoms in total. The summed E-state index contributed by atoms with van der Waals surface area (Å²) in [6, 6.07) is 0. The fourth-order valence-corrected chi connectivity index (χ4v) is 0. The molecule has 0 aliphatic rings. The molecule has 0 spiro atoms. The summed E-state index contributed by atoms with van der Waals surface area (Å²) in [5.41, 5.74) is 0. The quantitative estimate of drug-likeness (QED) is 0.329. The number of hydrogen-bond donors (Lipinski definition) is 2. The van der Waals surface area contributed by atoms with E-state index in [4.69, 9.17) is 30.6 Å². The summed E-state index contributed by atoms with van der Waals surface area (Å²) >= 11 is 0. The van der Waals surface area contributed by atoms with Crippen LogP contribution in [0.25, 0.3) is 0 Å². The maximum atomic E-state index is 8.36. The van der Waals surface area contributed by atoms with Gasteiger partial charge in [0.2, 0.25) is 0 Å². The van der Waals surface area contributed by atoms with Gasteiger partial charge in [-0.05, 0) is 0 Å². The number of hydrogen-bond acceptors (Lipinski definition) is 4. The van der Waals surface area contributed by atoms with E-state index < -0.39 is 10.2 Å². The van der Waals surface area contributed by atoms with Gasteiger partial charge in [-0.25, -0.2) is 0 Å². The van der Waals surface area contributed by atoms with Crippen molar-refractivity contribution in [2.24, 2.45) is 0 Å². The number of rotatable bonds is 0. The molecule has 0 aromatic rings. The van der Waals surface area contributed by atoms with Crippen molar-refractivity contribution in [3.63, 3.8) is 0 Å². The van der Waals surface area contributed by atoms with Crippen LogP contribution in [0.1, 0.15) is 0 Å². The fourth-order valence-electron chi connectivity index (χ4n) is 0. The van der Waals surface area contributed by atoms with E-state index in [1.807, 2.05) is 0 Å². The first-order chi connectivity index (χ1) is 3.46. The normalized spacial score (nSPS) is 4.80. The SMILES string of the molecule is Cl.O=[N+]([O-])O.O=[N+]([O-])O.[BaH2]. The second-order valence-corrected chi connectivity index (χ2v) is 0.476. The van der Waals surface area contributed by atoms with E-state index in [2.05, 4.69) is 0 Å². The van der Waals surface area contributed by atoms with E-state index in [1.54, 1.807) is 0 Å². The first kappa shape index (κ1) is 22.5. The molecule has 0 fully saturated rings. The Morgan fingerprint density at radius 1 is 1.00 bits per heavy atom. The van der Waals surface area contributed by atoms with E-state index in [1.165, 1.54) is 0 Å². The van der Waals surface area contributed by atoms with Crippen molar-refractivity contribution < 1.29 is 20.6 Å². The minimum atomic E-state index is -1.50. The van der Waals surface area contributed by atoms with Gasteiger partial charge in [0.25, 0.3) is 10.2 Å². The Hall–Kier alpha value is 0.261. The second-order valence-electron chi connectivity index (χ2n) is 0.476. The standard InChI is InChI=1S/Ba.ClH.2HNO3.2H/c;;2*2-1(3)4;;/h;1H;2*(H,2,3,4);;. The zero-order valence-corrected chi connectivity index (χ0v) is 4.65. The summed E-state index contributed by atoms with van der Waals surface area (Å²) in [5, 5.41) is 27.3. The van der Waals surface area contributed by atoms with Gasteiger partial charge in [0.05, 0.1) is 0 Å². The predicted octanol–water partition coefficient (Wildman–Crippen LogP) is -1.19. The Morgan fingerprint density at radius 3 is 1.00 bits per heavy atom. The molecule has 0 bridgehead atoms. The number of halogens is 1. The zero-order valence-electron chi connectivity index (χ0n) is 3.83. The Bertz CT molecular complexity index is 73.7. The molecule has 0 aromatic carbocycles. The Morgan fingerprint density at radius 2 is 1.00 bits per heavy atom. The van der Waals surface area contributed by atoms with Gasteiger partial charge >= 0.3 is 48.9 Å². The van der Waals surface area contributed by atoms with Crippen LogP contribution in [-0.4, -0.2) is 69.5 Å². The molecule has 0 aromatic heterocycles. The van der Waals surface area contributed by atoms with Crippen molar-refractivity contribution in [3.8, 4) is 0 Å². The van der Waals surface area contributed by atoms with Gasteiger partial charge in [0.15, 0.2) is 0 Å². The van der Waals surface area contributed by atoms with E-state index in [9.17, 15) is 0 Å². The number of nitrogens with zero attached hydrogens (tertiary/aromatic N) is 2. The summed E-state index contributed by atoms with van der Waals surface area (Å²) in [6.45, 7) is 0. The summed E-state index contributed by atoms with van der Waals surface area (Å²) in [6.07, 6.45) is 0. The van der Waals surface area contributed by atoms with Crippen LogP contribution >= 0.6 is 12.4 Å². The molecule has 0 radical (unpaired) electrons. The molecule has 10 heteroatoms. The van der Waals surface area contributed by atoms with Gasteiger partial charge in [-0.2, -0.15) is 0 Å². The van der Waals surface area contributed by atoms with Crippen molar-refractivity contribution in [1.82, 2.24) is 0 Å². The molecule has 0 saturated heterocycles. The molecule has 0 aliphatic heterocycles. The predicted molar refractivity (Wildman–Crippen MR) is 33.4 cm³/mol. The topological polar surface area (TPSA) is 127 Å². The molecule has 2 N–H and O–H groups in total. The maximum absolute atomic E-state index is 8.36. The summed E-state index contributed by atoms with van der Waals surface area (Å²) in [4.78, 5) is 16.7. The third kappa shape index (κ3) is 6370. The summed E-state index contributed by atoms with van der Waals surface area (Å²) < 4.78 is 0. The molecule has 0 amide bonds. The monoisotopic (exact) mass is 302 g/mol. The average Bonchev–Trinajstić information content (AvgIpc) is 1.25. The first-order valence-electron chi connectivity index (χ1n) is 1.13. The van der Waals surface area contributed by atoms with Crippen molar-refractivity contribution >= 4 is 61.3 Å². The van der Waals surface area contributed by atoms with Crippen LogP contribution in [0.2, 0.25) is 0 Å². The van der Waals surface area contributed by atoms with E-state index in [-0.39, 0.29) is 61.3 Å². The van der Waals surface area contributed by atoms with Crippen LogP contribution in [-0.2, 0) is 0 Å². The van der Waals surface area contributed by atoms with E-state index in [0.29, 0.717) is 0 Å². The zero-order chi connectivity index (χ0) is 7.15. The fraction of sp³-hybridized carbons (Fsp3) is 0. The first-order valence-corrected chi connectivity index (χ1v) is 1.13. The molecule has 0 rings (SSSR count). The Labute approximate surface area is 101 Å². The van der Waals surface area contributed by atoms with Crippen LogP contribution in [0.5, 0.6) is 0 Å². The van der Waals surface area contributed by atoms with Gasteiger partial charge in [-0.1, -0.05) is 0 Å². The van der Waals surface area contributed by atoms with Crippen LogP contribution in [0.3, 0.4) is 0 Å². The molecule has 0 aliphatic carbocycles. The second kappa shape index (κ2) is 16.1. The van der Waals surface area contributed by atoms with Crippen molar-refractivity contribution in [2.45, 2.75) is 0 Å². The van der Waals surface area contributed by atoms with Crippen molar-refractivity contribution in [2.75, 3.05) is 0 Å². The van der Waals surface area contributed by atoms with Gasteiger partial charge in [-0.3, -0.25) is 0 Å². The van der Waals surface area contributed by atoms with Crippen LogP contribution in [0.15, 0.2) is 0 Å². The molecule has 10 heavy (non-hydrogen) atoms. The van der Waals surface area contributed by atoms with E-state index >= 15 is 0 Å². The van der Waals surface area contributed by atoms with Crippen molar-refractivity contribution in [3.05, 3.63) is 20.2 Å². The van der Waals surface area contributed by atoms with Gasteiger partial charge < -0.3 is 10.4 Å². The van der Waals surface area contributed by atoms with Gasteiger partial charge in [-0.15, -0.1) is 32.6 Å². The molecule has 0 atom stereocenters. The third-order valence-electron chi connectivity index (χ3n) is 0. The van der Waals surface area contributed by atoms with Crippen LogP contribution in [0.4, 0.5) is 0 Å².